The number of carbonyl (C=O) groups is 1. The number of hydrogen-bond donors (Lipinski definition) is 2. The van der Waals surface area contributed by atoms with Crippen molar-refractivity contribution in [2.45, 2.75) is 0 Å². The molecule has 0 aliphatic carbocycles. The number of para-hydroxylation sites is 2. The molecule has 0 atom stereocenters. The smallest absolute Gasteiger partial charge is 0.276 e. The van der Waals surface area contributed by atoms with Gasteiger partial charge >= 0.3 is 0 Å². The topological polar surface area (TPSA) is 85.4 Å². The van der Waals surface area contributed by atoms with E-state index < -0.39 is 5.91 Å². The molecule has 0 aliphatic rings. The van der Waals surface area contributed by atoms with Crippen LogP contribution in [0.5, 0.6) is 11.5 Å². The number of anilines is 3. The second kappa shape index (κ2) is 8.37. The van der Waals surface area contributed by atoms with E-state index in [-0.39, 0.29) is 5.69 Å². The summed E-state index contributed by atoms with van der Waals surface area (Å²) in [6.07, 6.45) is 0. The molecule has 2 aromatic carbocycles. The number of amides is 1. The Morgan fingerprint density at radius 2 is 1.74 bits per heavy atom. The van der Waals surface area contributed by atoms with Crippen LogP contribution in [-0.2, 0) is 0 Å². The minimum absolute atomic E-state index is 0.174. The van der Waals surface area contributed by atoms with Crippen molar-refractivity contribution in [2.75, 3.05) is 24.9 Å². The lowest BCUT2D eigenvalue weighted by Gasteiger charge is -2.10. The van der Waals surface area contributed by atoms with Gasteiger partial charge in [-0.05, 0) is 42.5 Å². The summed E-state index contributed by atoms with van der Waals surface area (Å²) in [6.45, 7) is 0. The van der Waals surface area contributed by atoms with Crippen LogP contribution < -0.4 is 20.1 Å². The summed E-state index contributed by atoms with van der Waals surface area (Å²) >= 11 is 6.06. The van der Waals surface area contributed by atoms with Crippen LogP contribution in [0.2, 0.25) is 5.02 Å². The van der Waals surface area contributed by atoms with Crippen molar-refractivity contribution in [3.63, 3.8) is 0 Å². The van der Waals surface area contributed by atoms with Gasteiger partial charge in [-0.1, -0.05) is 23.7 Å². The van der Waals surface area contributed by atoms with Gasteiger partial charge in [-0.15, -0.1) is 10.2 Å². The molecule has 0 unspecified atom stereocenters. The van der Waals surface area contributed by atoms with E-state index in [1.165, 1.54) is 7.11 Å². The molecule has 1 amide bonds. The van der Waals surface area contributed by atoms with Crippen LogP contribution in [0.15, 0.2) is 54.6 Å². The lowest BCUT2D eigenvalue weighted by molar-refractivity contribution is 0.102. The number of methoxy groups -OCH3 is 2. The van der Waals surface area contributed by atoms with Gasteiger partial charge in [0.25, 0.3) is 5.91 Å². The first-order valence-corrected chi connectivity index (χ1v) is 8.37. The first-order chi connectivity index (χ1) is 13.1. The summed E-state index contributed by atoms with van der Waals surface area (Å²) in [6, 6.07) is 15.6. The van der Waals surface area contributed by atoms with Crippen LogP contribution in [0.4, 0.5) is 17.2 Å². The fourth-order valence-electron chi connectivity index (χ4n) is 2.35. The molecule has 0 aliphatic heterocycles. The number of halogens is 1. The predicted molar refractivity (Wildman–Crippen MR) is 104 cm³/mol. The normalized spacial score (nSPS) is 10.2. The summed E-state index contributed by atoms with van der Waals surface area (Å²) in [5.41, 5.74) is 1.45. The van der Waals surface area contributed by atoms with Gasteiger partial charge in [0, 0.05) is 5.69 Å². The average Bonchev–Trinajstić information content (AvgIpc) is 2.69. The van der Waals surface area contributed by atoms with E-state index in [9.17, 15) is 4.79 Å². The quantitative estimate of drug-likeness (QED) is 0.664. The number of nitrogens with one attached hydrogen (secondary N) is 2. The van der Waals surface area contributed by atoms with Crippen LogP contribution >= 0.6 is 11.6 Å². The lowest BCUT2D eigenvalue weighted by Crippen LogP contribution is -2.14. The van der Waals surface area contributed by atoms with Crippen LogP contribution in [0.25, 0.3) is 0 Å². The molecule has 1 aromatic heterocycles. The molecule has 0 radical (unpaired) electrons. The maximum absolute atomic E-state index is 12.3. The highest BCUT2D eigenvalue weighted by molar-refractivity contribution is 6.32. The Kier molecular flexibility index (Phi) is 5.73. The maximum atomic E-state index is 12.3. The largest absolute Gasteiger partial charge is 0.495 e. The molecule has 0 saturated carbocycles. The molecule has 27 heavy (non-hydrogen) atoms. The first-order valence-electron chi connectivity index (χ1n) is 7.99. The Bertz CT molecular complexity index is 948. The molecule has 8 heteroatoms. The summed E-state index contributed by atoms with van der Waals surface area (Å²) in [7, 11) is 3.11. The number of benzene rings is 2. The minimum atomic E-state index is -0.396. The van der Waals surface area contributed by atoms with Crippen molar-refractivity contribution in [1.82, 2.24) is 10.2 Å². The first kappa shape index (κ1) is 18.5. The molecule has 0 fully saturated rings. The van der Waals surface area contributed by atoms with Gasteiger partial charge in [-0.3, -0.25) is 4.79 Å². The number of aromatic nitrogens is 2. The van der Waals surface area contributed by atoms with E-state index in [0.717, 1.165) is 5.69 Å². The van der Waals surface area contributed by atoms with E-state index in [0.29, 0.717) is 28.0 Å². The fraction of sp³-hybridized carbons (Fsp3) is 0.105. The SMILES string of the molecule is COc1ccc(NC(=O)c2ccc(Nc3ccccc3OC)nn2)cc1Cl. The van der Waals surface area contributed by atoms with Gasteiger partial charge in [-0.25, -0.2) is 0 Å². The number of rotatable bonds is 6. The van der Waals surface area contributed by atoms with Crippen molar-refractivity contribution >= 4 is 34.7 Å². The molecular formula is C19H17ClN4O3. The van der Waals surface area contributed by atoms with Crippen molar-refractivity contribution in [3.05, 3.63) is 65.3 Å². The molecule has 3 rings (SSSR count). The fourth-order valence-corrected chi connectivity index (χ4v) is 2.60. The van der Waals surface area contributed by atoms with Crippen molar-refractivity contribution < 1.29 is 14.3 Å². The molecule has 2 N–H and O–H groups in total. The van der Waals surface area contributed by atoms with Gasteiger partial charge in [0.2, 0.25) is 0 Å². The molecule has 0 spiro atoms. The van der Waals surface area contributed by atoms with Crippen molar-refractivity contribution in [3.8, 4) is 11.5 Å². The predicted octanol–water partition coefficient (Wildman–Crippen LogP) is 4.14. The summed E-state index contributed by atoms with van der Waals surface area (Å²) in [4.78, 5) is 12.3. The molecule has 7 nitrogen and oxygen atoms in total. The second-order valence-corrected chi connectivity index (χ2v) is 5.84. The van der Waals surface area contributed by atoms with Crippen LogP contribution in [0.1, 0.15) is 10.5 Å². The molecule has 0 saturated heterocycles. The Labute approximate surface area is 161 Å². The second-order valence-electron chi connectivity index (χ2n) is 5.43. The van der Waals surface area contributed by atoms with E-state index in [2.05, 4.69) is 20.8 Å². The highest BCUT2D eigenvalue weighted by Crippen LogP contribution is 2.28. The molecule has 3 aromatic rings. The summed E-state index contributed by atoms with van der Waals surface area (Å²) in [5, 5.41) is 14.2. The van der Waals surface area contributed by atoms with Gasteiger partial charge < -0.3 is 20.1 Å². The van der Waals surface area contributed by atoms with Crippen LogP contribution in [0, 0.1) is 0 Å². The minimum Gasteiger partial charge on any atom is -0.495 e. The summed E-state index contributed by atoms with van der Waals surface area (Å²) < 4.78 is 10.4. The van der Waals surface area contributed by atoms with Crippen molar-refractivity contribution in [2.24, 2.45) is 0 Å². The van der Waals surface area contributed by atoms with Gasteiger partial charge in [0.15, 0.2) is 11.5 Å². The van der Waals surface area contributed by atoms with Crippen LogP contribution in [-0.4, -0.2) is 30.3 Å². The monoisotopic (exact) mass is 384 g/mol. The van der Waals surface area contributed by atoms with Gasteiger partial charge in [0.1, 0.15) is 11.5 Å². The average molecular weight is 385 g/mol. The number of carbonyl (C=O) groups excluding carboxylic acids is 1. The molecule has 1 heterocycles. The van der Waals surface area contributed by atoms with Gasteiger partial charge in [-0.2, -0.15) is 0 Å². The van der Waals surface area contributed by atoms with E-state index >= 15 is 0 Å². The Morgan fingerprint density at radius 3 is 2.41 bits per heavy atom. The summed E-state index contributed by atoms with van der Waals surface area (Å²) in [5.74, 6) is 1.30. The third-order valence-electron chi connectivity index (χ3n) is 3.68. The molecular weight excluding hydrogens is 368 g/mol. The van der Waals surface area contributed by atoms with Crippen LogP contribution in [0.3, 0.4) is 0 Å². The number of nitrogens with zero attached hydrogens (tertiary/aromatic N) is 2. The molecule has 138 valence electrons. The number of hydrogen-bond acceptors (Lipinski definition) is 6. The van der Waals surface area contributed by atoms with Gasteiger partial charge in [0.05, 0.1) is 24.9 Å². The zero-order valence-corrected chi connectivity index (χ0v) is 15.4. The zero-order valence-electron chi connectivity index (χ0n) is 14.7. The van der Waals surface area contributed by atoms with E-state index in [1.807, 2.05) is 24.3 Å². The van der Waals surface area contributed by atoms with E-state index in [4.69, 9.17) is 21.1 Å². The molecule has 0 bridgehead atoms. The Morgan fingerprint density at radius 1 is 0.963 bits per heavy atom. The Hall–Kier alpha value is -3.32. The third kappa shape index (κ3) is 4.45. The highest BCUT2D eigenvalue weighted by atomic mass is 35.5. The lowest BCUT2D eigenvalue weighted by atomic mass is 10.2. The number of ether oxygens (including phenoxy) is 2. The van der Waals surface area contributed by atoms with Crippen molar-refractivity contribution in [1.29, 1.82) is 0 Å². The Balaban J connectivity index is 1.69. The third-order valence-corrected chi connectivity index (χ3v) is 3.97. The highest BCUT2D eigenvalue weighted by Gasteiger charge is 2.11. The van der Waals surface area contributed by atoms with E-state index in [1.54, 1.807) is 37.4 Å². The standard InChI is InChI=1S/C19H17ClN4O3/c1-26-16-9-7-12(11-13(16)20)21-19(25)15-8-10-18(24-23-15)22-14-5-3-4-6-17(14)27-2/h3-11H,1-2H3,(H,21,25)(H,22,24). The maximum Gasteiger partial charge on any atom is 0.276 e. The zero-order chi connectivity index (χ0) is 19.2.